The molecule has 23 heavy (non-hydrogen) atoms. The largest absolute Gasteiger partial charge is 0.319 e. The minimum absolute atomic E-state index is 0.283. The molecule has 3 rings (SSSR count). The Labute approximate surface area is 138 Å². The first kappa shape index (κ1) is 15.1. The Morgan fingerprint density at radius 1 is 1.09 bits per heavy atom. The summed E-state index contributed by atoms with van der Waals surface area (Å²) in [6, 6.07) is 12.8. The van der Waals surface area contributed by atoms with Crippen LogP contribution in [0.25, 0.3) is 11.4 Å². The molecule has 0 aliphatic carbocycles. The van der Waals surface area contributed by atoms with Gasteiger partial charge < -0.3 is 5.32 Å². The standard InChI is InChI=1S/C17H13ClN4O/c1-11-7-13(8-15(18)21-11)17(23)22-14-9-19-16(20-10-14)12-5-3-2-4-6-12/h2-10H,1H3,(H,22,23). The van der Waals surface area contributed by atoms with Gasteiger partial charge in [-0.15, -0.1) is 0 Å². The topological polar surface area (TPSA) is 67.8 Å². The number of anilines is 1. The van der Waals surface area contributed by atoms with Crippen LogP contribution in [0.15, 0.2) is 54.9 Å². The van der Waals surface area contributed by atoms with E-state index in [9.17, 15) is 4.79 Å². The van der Waals surface area contributed by atoms with Crippen molar-refractivity contribution in [2.24, 2.45) is 0 Å². The lowest BCUT2D eigenvalue weighted by atomic mass is 10.2. The maximum absolute atomic E-state index is 12.2. The highest BCUT2D eigenvalue weighted by atomic mass is 35.5. The second-order valence-corrected chi connectivity index (χ2v) is 5.32. The molecule has 0 saturated heterocycles. The summed E-state index contributed by atoms with van der Waals surface area (Å²) in [7, 11) is 0. The van der Waals surface area contributed by atoms with Crippen molar-refractivity contribution >= 4 is 23.2 Å². The molecule has 0 atom stereocenters. The van der Waals surface area contributed by atoms with E-state index in [4.69, 9.17) is 11.6 Å². The highest BCUT2D eigenvalue weighted by Gasteiger charge is 2.09. The van der Waals surface area contributed by atoms with Crippen molar-refractivity contribution in [3.05, 3.63) is 71.3 Å². The molecule has 5 nitrogen and oxygen atoms in total. The molecular formula is C17H13ClN4O. The number of rotatable bonds is 3. The van der Waals surface area contributed by atoms with Crippen molar-refractivity contribution in [1.82, 2.24) is 15.0 Å². The van der Waals surface area contributed by atoms with E-state index < -0.39 is 0 Å². The smallest absolute Gasteiger partial charge is 0.255 e. The molecule has 0 unspecified atom stereocenters. The van der Waals surface area contributed by atoms with E-state index in [-0.39, 0.29) is 11.1 Å². The summed E-state index contributed by atoms with van der Waals surface area (Å²) in [4.78, 5) is 24.8. The summed E-state index contributed by atoms with van der Waals surface area (Å²) in [5.41, 5.74) is 2.55. The van der Waals surface area contributed by atoms with E-state index in [1.165, 1.54) is 6.07 Å². The van der Waals surface area contributed by atoms with Gasteiger partial charge in [0, 0.05) is 16.8 Å². The van der Waals surface area contributed by atoms with E-state index in [2.05, 4.69) is 20.3 Å². The Kier molecular flexibility index (Phi) is 4.30. The van der Waals surface area contributed by atoms with Crippen LogP contribution in [0.4, 0.5) is 5.69 Å². The minimum atomic E-state index is -0.284. The van der Waals surface area contributed by atoms with Gasteiger partial charge in [-0.25, -0.2) is 15.0 Å². The molecule has 114 valence electrons. The number of aryl methyl sites for hydroxylation is 1. The summed E-state index contributed by atoms with van der Waals surface area (Å²) in [6.45, 7) is 1.78. The van der Waals surface area contributed by atoms with Crippen molar-refractivity contribution in [3.63, 3.8) is 0 Å². The van der Waals surface area contributed by atoms with Gasteiger partial charge in [0.1, 0.15) is 5.15 Å². The van der Waals surface area contributed by atoms with E-state index in [1.54, 1.807) is 25.4 Å². The Hall–Kier alpha value is -2.79. The third-order valence-electron chi connectivity index (χ3n) is 3.13. The lowest BCUT2D eigenvalue weighted by molar-refractivity contribution is 0.102. The van der Waals surface area contributed by atoms with Crippen molar-refractivity contribution in [2.75, 3.05) is 5.32 Å². The van der Waals surface area contributed by atoms with E-state index in [0.29, 0.717) is 22.8 Å². The maximum Gasteiger partial charge on any atom is 0.255 e. The molecule has 1 aromatic carbocycles. The fourth-order valence-electron chi connectivity index (χ4n) is 2.09. The van der Waals surface area contributed by atoms with Crippen LogP contribution in [-0.2, 0) is 0 Å². The fourth-order valence-corrected chi connectivity index (χ4v) is 2.34. The highest BCUT2D eigenvalue weighted by Crippen LogP contribution is 2.16. The third-order valence-corrected chi connectivity index (χ3v) is 3.32. The first-order valence-electron chi connectivity index (χ1n) is 6.95. The zero-order chi connectivity index (χ0) is 16.2. The molecule has 0 bridgehead atoms. The Morgan fingerprint density at radius 2 is 1.78 bits per heavy atom. The molecular weight excluding hydrogens is 312 g/mol. The highest BCUT2D eigenvalue weighted by molar-refractivity contribution is 6.29. The van der Waals surface area contributed by atoms with Gasteiger partial charge in [-0.2, -0.15) is 0 Å². The number of amides is 1. The molecule has 0 fully saturated rings. The van der Waals surface area contributed by atoms with Gasteiger partial charge in [0.25, 0.3) is 5.91 Å². The zero-order valence-electron chi connectivity index (χ0n) is 12.3. The second kappa shape index (κ2) is 6.54. The second-order valence-electron chi connectivity index (χ2n) is 4.94. The van der Waals surface area contributed by atoms with Gasteiger partial charge in [0.05, 0.1) is 18.1 Å². The summed E-state index contributed by atoms with van der Waals surface area (Å²) in [5, 5.41) is 3.02. The number of aromatic nitrogens is 3. The number of benzene rings is 1. The van der Waals surface area contributed by atoms with Gasteiger partial charge in [-0.05, 0) is 19.1 Å². The van der Waals surface area contributed by atoms with Crippen LogP contribution >= 0.6 is 11.6 Å². The number of hydrogen-bond acceptors (Lipinski definition) is 4. The number of nitrogens with zero attached hydrogens (tertiary/aromatic N) is 3. The van der Waals surface area contributed by atoms with E-state index in [1.807, 2.05) is 30.3 Å². The summed E-state index contributed by atoms with van der Waals surface area (Å²) in [6.07, 6.45) is 3.14. The zero-order valence-corrected chi connectivity index (χ0v) is 13.1. The van der Waals surface area contributed by atoms with Crippen LogP contribution in [0.3, 0.4) is 0 Å². The molecule has 6 heteroatoms. The van der Waals surface area contributed by atoms with Crippen LogP contribution in [-0.4, -0.2) is 20.9 Å². The average molecular weight is 325 g/mol. The average Bonchev–Trinajstić information content (AvgIpc) is 2.55. The predicted octanol–water partition coefficient (Wildman–Crippen LogP) is 3.75. The molecule has 3 aromatic rings. The molecule has 0 spiro atoms. The van der Waals surface area contributed by atoms with E-state index >= 15 is 0 Å². The van der Waals surface area contributed by atoms with Gasteiger partial charge in [-0.3, -0.25) is 4.79 Å². The number of hydrogen-bond donors (Lipinski definition) is 1. The maximum atomic E-state index is 12.2. The normalized spacial score (nSPS) is 10.3. The van der Waals surface area contributed by atoms with Gasteiger partial charge in [0.15, 0.2) is 5.82 Å². The Bertz CT molecular complexity index is 815. The number of carbonyl (C=O) groups is 1. The predicted molar refractivity (Wildman–Crippen MR) is 89.4 cm³/mol. The number of nitrogens with one attached hydrogen (secondary N) is 1. The Balaban J connectivity index is 1.77. The Morgan fingerprint density at radius 3 is 2.43 bits per heavy atom. The number of carbonyl (C=O) groups excluding carboxylic acids is 1. The number of halogens is 1. The monoisotopic (exact) mass is 324 g/mol. The van der Waals surface area contributed by atoms with Gasteiger partial charge in [0.2, 0.25) is 0 Å². The van der Waals surface area contributed by atoms with Crippen molar-refractivity contribution in [3.8, 4) is 11.4 Å². The molecule has 0 aliphatic heterocycles. The van der Waals surface area contributed by atoms with E-state index in [0.717, 1.165) is 5.56 Å². The molecule has 2 aromatic heterocycles. The van der Waals surface area contributed by atoms with Crippen molar-refractivity contribution in [1.29, 1.82) is 0 Å². The first-order chi connectivity index (χ1) is 11.1. The van der Waals surface area contributed by atoms with Crippen LogP contribution < -0.4 is 5.32 Å². The van der Waals surface area contributed by atoms with Crippen LogP contribution in [0.2, 0.25) is 5.15 Å². The third kappa shape index (κ3) is 3.70. The van der Waals surface area contributed by atoms with Crippen molar-refractivity contribution < 1.29 is 4.79 Å². The summed E-state index contributed by atoms with van der Waals surface area (Å²) >= 11 is 5.87. The molecule has 2 heterocycles. The van der Waals surface area contributed by atoms with Gasteiger partial charge >= 0.3 is 0 Å². The van der Waals surface area contributed by atoms with Crippen LogP contribution in [0, 0.1) is 6.92 Å². The summed E-state index contributed by atoms with van der Waals surface area (Å²) in [5.74, 6) is 0.319. The molecule has 0 aliphatic rings. The quantitative estimate of drug-likeness (QED) is 0.745. The SMILES string of the molecule is Cc1cc(C(=O)Nc2cnc(-c3ccccc3)nc2)cc(Cl)n1. The minimum Gasteiger partial charge on any atom is -0.319 e. The lowest BCUT2D eigenvalue weighted by Gasteiger charge is -2.06. The van der Waals surface area contributed by atoms with Crippen LogP contribution in [0.5, 0.6) is 0 Å². The number of pyridine rings is 1. The lowest BCUT2D eigenvalue weighted by Crippen LogP contribution is -2.13. The van der Waals surface area contributed by atoms with Crippen LogP contribution in [0.1, 0.15) is 16.1 Å². The molecule has 1 amide bonds. The van der Waals surface area contributed by atoms with Crippen molar-refractivity contribution in [2.45, 2.75) is 6.92 Å². The fraction of sp³-hybridized carbons (Fsp3) is 0.0588. The molecule has 0 radical (unpaired) electrons. The van der Waals surface area contributed by atoms with Gasteiger partial charge in [-0.1, -0.05) is 41.9 Å². The molecule has 1 N–H and O–H groups in total. The molecule has 0 saturated carbocycles. The first-order valence-corrected chi connectivity index (χ1v) is 7.32. The summed E-state index contributed by atoms with van der Waals surface area (Å²) < 4.78 is 0.